The standard InChI is InChI=1S/C18H17NO3/c1-20-17-10-13(21-12-5-3-2-4-6-12)9-14-15-11-19-8-7-16(15)22-18(14)17/h2-6,9-10,19H,7-8,11H2,1H3. The van der Waals surface area contributed by atoms with Gasteiger partial charge in [0.2, 0.25) is 0 Å². The number of para-hydroxylation sites is 1. The van der Waals surface area contributed by atoms with E-state index in [4.69, 9.17) is 13.9 Å². The van der Waals surface area contributed by atoms with Crippen molar-refractivity contribution in [3.63, 3.8) is 0 Å². The molecule has 2 aromatic carbocycles. The van der Waals surface area contributed by atoms with Gasteiger partial charge in [-0.05, 0) is 18.2 Å². The summed E-state index contributed by atoms with van der Waals surface area (Å²) in [5, 5.41) is 4.45. The first-order chi connectivity index (χ1) is 10.8. The topological polar surface area (TPSA) is 43.6 Å². The summed E-state index contributed by atoms with van der Waals surface area (Å²) in [4.78, 5) is 0. The van der Waals surface area contributed by atoms with Crippen molar-refractivity contribution >= 4 is 11.0 Å². The summed E-state index contributed by atoms with van der Waals surface area (Å²) in [7, 11) is 1.65. The Morgan fingerprint density at radius 2 is 1.95 bits per heavy atom. The summed E-state index contributed by atoms with van der Waals surface area (Å²) < 4.78 is 17.4. The van der Waals surface area contributed by atoms with Crippen LogP contribution in [0.15, 0.2) is 46.9 Å². The lowest BCUT2D eigenvalue weighted by Gasteiger charge is -2.11. The molecule has 0 spiro atoms. The second-order valence-electron chi connectivity index (χ2n) is 5.35. The fourth-order valence-corrected chi connectivity index (χ4v) is 2.89. The lowest BCUT2D eigenvalue weighted by atomic mass is 10.1. The van der Waals surface area contributed by atoms with Gasteiger partial charge in [-0.3, -0.25) is 0 Å². The maximum atomic E-state index is 6.00. The largest absolute Gasteiger partial charge is 0.493 e. The van der Waals surface area contributed by atoms with E-state index in [9.17, 15) is 0 Å². The van der Waals surface area contributed by atoms with Crippen LogP contribution in [0.3, 0.4) is 0 Å². The molecule has 3 aromatic rings. The molecule has 0 saturated carbocycles. The Morgan fingerprint density at radius 1 is 1.09 bits per heavy atom. The summed E-state index contributed by atoms with van der Waals surface area (Å²) in [6, 6.07) is 13.6. The first-order valence-electron chi connectivity index (χ1n) is 7.41. The van der Waals surface area contributed by atoms with Crippen molar-refractivity contribution in [3.05, 3.63) is 53.8 Å². The third-order valence-electron chi connectivity index (χ3n) is 3.94. The molecule has 4 heteroatoms. The Morgan fingerprint density at radius 3 is 2.77 bits per heavy atom. The molecular formula is C18H17NO3. The average Bonchev–Trinajstić information content (AvgIpc) is 2.94. The van der Waals surface area contributed by atoms with Gasteiger partial charge in [0.25, 0.3) is 0 Å². The number of hydrogen-bond donors (Lipinski definition) is 1. The van der Waals surface area contributed by atoms with Gasteiger partial charge >= 0.3 is 0 Å². The van der Waals surface area contributed by atoms with E-state index in [1.54, 1.807) is 7.11 Å². The molecule has 0 amide bonds. The molecule has 0 atom stereocenters. The van der Waals surface area contributed by atoms with Crippen molar-refractivity contribution in [2.75, 3.05) is 13.7 Å². The van der Waals surface area contributed by atoms with Gasteiger partial charge in [0, 0.05) is 36.5 Å². The second kappa shape index (κ2) is 5.39. The molecule has 0 aliphatic carbocycles. The van der Waals surface area contributed by atoms with E-state index in [0.717, 1.165) is 47.7 Å². The van der Waals surface area contributed by atoms with Gasteiger partial charge in [-0.2, -0.15) is 0 Å². The van der Waals surface area contributed by atoms with Crippen LogP contribution in [0.1, 0.15) is 11.3 Å². The fraction of sp³-hybridized carbons (Fsp3) is 0.222. The Bertz CT molecular complexity index is 808. The zero-order valence-electron chi connectivity index (χ0n) is 12.4. The smallest absolute Gasteiger partial charge is 0.176 e. The summed E-state index contributed by atoms with van der Waals surface area (Å²) in [6.07, 6.45) is 0.905. The Kier molecular flexibility index (Phi) is 3.24. The first-order valence-corrected chi connectivity index (χ1v) is 7.41. The Labute approximate surface area is 128 Å². The quantitative estimate of drug-likeness (QED) is 0.796. The van der Waals surface area contributed by atoms with Crippen LogP contribution in [-0.4, -0.2) is 13.7 Å². The Balaban J connectivity index is 1.82. The third kappa shape index (κ3) is 2.22. The Hall–Kier alpha value is -2.46. The van der Waals surface area contributed by atoms with Crippen LogP contribution in [0.5, 0.6) is 17.2 Å². The maximum Gasteiger partial charge on any atom is 0.176 e. The third-order valence-corrected chi connectivity index (χ3v) is 3.94. The van der Waals surface area contributed by atoms with Gasteiger partial charge in [-0.15, -0.1) is 0 Å². The minimum atomic E-state index is 0.706. The number of methoxy groups -OCH3 is 1. The number of fused-ring (bicyclic) bond motifs is 3. The number of ether oxygens (including phenoxy) is 2. The van der Waals surface area contributed by atoms with E-state index in [2.05, 4.69) is 5.32 Å². The number of nitrogens with one attached hydrogen (secondary N) is 1. The molecule has 4 rings (SSSR count). The highest BCUT2D eigenvalue weighted by Crippen LogP contribution is 2.38. The van der Waals surface area contributed by atoms with Crippen molar-refractivity contribution in [2.45, 2.75) is 13.0 Å². The van der Waals surface area contributed by atoms with Crippen LogP contribution < -0.4 is 14.8 Å². The van der Waals surface area contributed by atoms with E-state index in [-0.39, 0.29) is 0 Å². The monoisotopic (exact) mass is 295 g/mol. The number of hydrogen-bond acceptors (Lipinski definition) is 4. The molecule has 1 aromatic heterocycles. The number of rotatable bonds is 3. The minimum Gasteiger partial charge on any atom is -0.493 e. The predicted molar refractivity (Wildman–Crippen MR) is 84.7 cm³/mol. The molecule has 0 bridgehead atoms. The van der Waals surface area contributed by atoms with Crippen molar-refractivity contribution in [2.24, 2.45) is 0 Å². The van der Waals surface area contributed by atoms with Crippen molar-refractivity contribution in [1.82, 2.24) is 5.32 Å². The van der Waals surface area contributed by atoms with Gasteiger partial charge < -0.3 is 19.2 Å². The molecule has 1 aliphatic rings. The molecule has 112 valence electrons. The van der Waals surface area contributed by atoms with Crippen LogP contribution in [0, 0.1) is 0 Å². The zero-order chi connectivity index (χ0) is 14.9. The molecule has 0 radical (unpaired) electrons. The van der Waals surface area contributed by atoms with Crippen LogP contribution in [0.25, 0.3) is 11.0 Å². The van der Waals surface area contributed by atoms with Gasteiger partial charge in [0.05, 0.1) is 7.11 Å². The van der Waals surface area contributed by atoms with E-state index >= 15 is 0 Å². The van der Waals surface area contributed by atoms with E-state index in [0.29, 0.717) is 5.75 Å². The molecule has 4 nitrogen and oxygen atoms in total. The maximum absolute atomic E-state index is 6.00. The lowest BCUT2D eigenvalue weighted by Crippen LogP contribution is -2.22. The molecule has 0 fully saturated rings. The van der Waals surface area contributed by atoms with Gasteiger partial charge in [0.15, 0.2) is 11.3 Å². The number of furan rings is 1. The normalized spacial score (nSPS) is 13.9. The van der Waals surface area contributed by atoms with Crippen LogP contribution in [0.2, 0.25) is 0 Å². The highest BCUT2D eigenvalue weighted by Gasteiger charge is 2.21. The van der Waals surface area contributed by atoms with E-state index < -0.39 is 0 Å². The van der Waals surface area contributed by atoms with Gasteiger partial charge in [0.1, 0.15) is 17.3 Å². The highest BCUT2D eigenvalue weighted by atomic mass is 16.5. The molecule has 22 heavy (non-hydrogen) atoms. The zero-order valence-corrected chi connectivity index (χ0v) is 12.4. The van der Waals surface area contributed by atoms with E-state index in [1.807, 2.05) is 42.5 Å². The predicted octanol–water partition coefficient (Wildman–Crippen LogP) is 3.88. The van der Waals surface area contributed by atoms with Crippen molar-refractivity contribution < 1.29 is 13.9 Å². The van der Waals surface area contributed by atoms with Gasteiger partial charge in [-0.1, -0.05) is 18.2 Å². The van der Waals surface area contributed by atoms with Crippen molar-refractivity contribution in [3.8, 4) is 17.2 Å². The first kappa shape index (κ1) is 13.2. The minimum absolute atomic E-state index is 0.706. The SMILES string of the molecule is COc1cc(Oc2ccccc2)cc2c3c(oc12)CCNC3. The second-order valence-corrected chi connectivity index (χ2v) is 5.35. The number of benzene rings is 2. The summed E-state index contributed by atoms with van der Waals surface area (Å²) in [5.41, 5.74) is 2.01. The van der Waals surface area contributed by atoms with E-state index in [1.165, 1.54) is 5.56 Å². The van der Waals surface area contributed by atoms with Crippen LogP contribution in [0.4, 0.5) is 0 Å². The molecule has 0 saturated heterocycles. The molecule has 1 N–H and O–H groups in total. The highest BCUT2D eigenvalue weighted by molar-refractivity contribution is 5.89. The van der Waals surface area contributed by atoms with Gasteiger partial charge in [-0.25, -0.2) is 0 Å². The van der Waals surface area contributed by atoms with Crippen molar-refractivity contribution in [1.29, 1.82) is 0 Å². The molecular weight excluding hydrogens is 278 g/mol. The summed E-state index contributed by atoms with van der Waals surface area (Å²) in [5.74, 6) is 3.31. The van der Waals surface area contributed by atoms with Crippen LogP contribution >= 0.6 is 0 Å². The summed E-state index contributed by atoms with van der Waals surface area (Å²) >= 11 is 0. The lowest BCUT2D eigenvalue weighted by molar-refractivity contribution is 0.401. The summed E-state index contributed by atoms with van der Waals surface area (Å²) in [6.45, 7) is 1.77. The average molecular weight is 295 g/mol. The molecule has 2 heterocycles. The van der Waals surface area contributed by atoms with Crippen LogP contribution in [-0.2, 0) is 13.0 Å². The fourth-order valence-electron chi connectivity index (χ4n) is 2.89. The molecule has 1 aliphatic heterocycles. The molecule has 0 unspecified atom stereocenters.